The number of halogens is 2. The second-order valence-corrected chi connectivity index (χ2v) is 8.27. The molecule has 1 saturated carbocycles. The normalized spacial score (nSPS) is 22.4. The number of carbonyl (C=O) groups excluding carboxylic acids is 2. The zero-order valence-electron chi connectivity index (χ0n) is 15.3. The van der Waals surface area contributed by atoms with Crippen molar-refractivity contribution in [3.05, 3.63) is 45.2 Å². The number of fused-ring (bicyclic) bond motifs is 1. The van der Waals surface area contributed by atoms with E-state index in [1.807, 2.05) is 19.9 Å². The van der Waals surface area contributed by atoms with Crippen LogP contribution >= 0.6 is 23.2 Å². The maximum absolute atomic E-state index is 12.9. The number of imide groups is 1. The first kappa shape index (κ1) is 18.5. The molecular weight excluding hydrogens is 385 g/mol. The summed E-state index contributed by atoms with van der Waals surface area (Å²) < 4.78 is 1.79. The largest absolute Gasteiger partial charge is 0.274 e. The Kier molecular flexibility index (Phi) is 4.77. The van der Waals surface area contributed by atoms with Crippen LogP contribution in [-0.4, -0.2) is 21.6 Å². The predicted octanol–water partition coefficient (Wildman–Crippen LogP) is 4.53. The van der Waals surface area contributed by atoms with Gasteiger partial charge in [-0.25, -0.2) is 4.90 Å². The number of aromatic nitrogens is 2. The molecule has 2 atom stereocenters. The SMILES string of the molecule is Cc1nn(Cc2ccc(Cl)cc2Cl)c(C)c1N1C(=O)C2CCCCC2C1=O. The van der Waals surface area contributed by atoms with Gasteiger partial charge in [0.25, 0.3) is 0 Å². The van der Waals surface area contributed by atoms with E-state index in [1.165, 1.54) is 4.90 Å². The molecule has 27 heavy (non-hydrogen) atoms. The lowest BCUT2D eigenvalue weighted by atomic mass is 9.81. The highest BCUT2D eigenvalue weighted by Gasteiger charge is 2.50. The van der Waals surface area contributed by atoms with Gasteiger partial charge >= 0.3 is 0 Å². The van der Waals surface area contributed by atoms with Gasteiger partial charge in [-0.1, -0.05) is 42.1 Å². The summed E-state index contributed by atoms with van der Waals surface area (Å²) in [5.74, 6) is -0.474. The van der Waals surface area contributed by atoms with Crippen molar-refractivity contribution < 1.29 is 9.59 Å². The van der Waals surface area contributed by atoms with Gasteiger partial charge in [0, 0.05) is 10.0 Å². The van der Waals surface area contributed by atoms with E-state index in [2.05, 4.69) is 5.10 Å². The van der Waals surface area contributed by atoms with Gasteiger partial charge in [-0.2, -0.15) is 5.10 Å². The molecule has 4 rings (SSSR count). The molecule has 1 aromatic carbocycles. The van der Waals surface area contributed by atoms with Gasteiger partial charge in [0.05, 0.1) is 35.5 Å². The first-order chi connectivity index (χ1) is 12.9. The molecule has 2 aliphatic rings. The molecule has 0 radical (unpaired) electrons. The van der Waals surface area contributed by atoms with Crippen molar-refractivity contribution in [3.8, 4) is 0 Å². The monoisotopic (exact) mass is 405 g/mol. The van der Waals surface area contributed by atoms with E-state index in [0.29, 0.717) is 28.0 Å². The van der Waals surface area contributed by atoms with Crippen LogP contribution in [0.3, 0.4) is 0 Å². The van der Waals surface area contributed by atoms with Crippen molar-refractivity contribution in [1.82, 2.24) is 9.78 Å². The standard InChI is InChI=1S/C20H21Cl2N3O2/c1-11-18(25-19(26)15-5-3-4-6-16(15)20(25)27)12(2)24(23-11)10-13-7-8-14(21)9-17(13)22/h7-9,15-16H,3-6,10H2,1-2H3. The van der Waals surface area contributed by atoms with Gasteiger partial charge in [0.2, 0.25) is 11.8 Å². The van der Waals surface area contributed by atoms with Crippen LogP contribution in [0.2, 0.25) is 10.0 Å². The van der Waals surface area contributed by atoms with Crippen molar-refractivity contribution in [3.63, 3.8) is 0 Å². The van der Waals surface area contributed by atoms with Crippen LogP contribution in [0.1, 0.15) is 42.6 Å². The van der Waals surface area contributed by atoms with Crippen molar-refractivity contribution in [2.75, 3.05) is 4.90 Å². The van der Waals surface area contributed by atoms with Crippen molar-refractivity contribution >= 4 is 40.7 Å². The molecule has 5 nitrogen and oxygen atoms in total. The van der Waals surface area contributed by atoms with Crippen molar-refractivity contribution in [1.29, 1.82) is 0 Å². The van der Waals surface area contributed by atoms with Crippen LogP contribution in [0.4, 0.5) is 5.69 Å². The molecule has 0 spiro atoms. The van der Waals surface area contributed by atoms with Crippen LogP contribution in [-0.2, 0) is 16.1 Å². The van der Waals surface area contributed by atoms with E-state index in [1.54, 1.807) is 16.8 Å². The molecule has 2 fully saturated rings. The predicted molar refractivity (Wildman–Crippen MR) is 105 cm³/mol. The Morgan fingerprint density at radius 1 is 1.07 bits per heavy atom. The number of rotatable bonds is 3. The first-order valence-corrected chi connectivity index (χ1v) is 10.00. The molecular formula is C20H21Cl2N3O2. The van der Waals surface area contributed by atoms with E-state index < -0.39 is 0 Å². The van der Waals surface area contributed by atoms with Crippen LogP contribution in [0.15, 0.2) is 18.2 Å². The summed E-state index contributed by atoms with van der Waals surface area (Å²) >= 11 is 12.3. The molecule has 142 valence electrons. The Morgan fingerprint density at radius 3 is 2.30 bits per heavy atom. The lowest BCUT2D eigenvalue weighted by molar-refractivity contribution is -0.122. The molecule has 1 saturated heterocycles. The van der Waals surface area contributed by atoms with Crippen LogP contribution < -0.4 is 4.90 Å². The van der Waals surface area contributed by atoms with Gasteiger partial charge < -0.3 is 0 Å². The minimum Gasteiger partial charge on any atom is -0.274 e. The molecule has 7 heteroatoms. The van der Waals surface area contributed by atoms with Crippen LogP contribution in [0.5, 0.6) is 0 Å². The first-order valence-electron chi connectivity index (χ1n) is 9.24. The van der Waals surface area contributed by atoms with Gasteiger partial charge in [0.1, 0.15) is 0 Å². The summed E-state index contributed by atoms with van der Waals surface area (Å²) in [6.07, 6.45) is 3.64. The molecule has 1 aliphatic carbocycles. The number of hydrogen-bond donors (Lipinski definition) is 0. The smallest absolute Gasteiger partial charge is 0.237 e. The molecule has 1 aliphatic heterocycles. The zero-order valence-corrected chi connectivity index (χ0v) is 16.8. The number of carbonyl (C=O) groups is 2. The lowest BCUT2D eigenvalue weighted by Crippen LogP contribution is -2.31. The third-order valence-corrected chi connectivity index (χ3v) is 6.33. The average molecular weight is 406 g/mol. The van der Waals surface area contributed by atoms with Crippen LogP contribution in [0, 0.1) is 25.7 Å². The summed E-state index contributed by atoms with van der Waals surface area (Å²) in [7, 11) is 0. The van der Waals surface area contributed by atoms with Gasteiger partial charge in [0.15, 0.2) is 0 Å². The molecule has 2 heterocycles. The van der Waals surface area contributed by atoms with Crippen molar-refractivity contribution in [2.24, 2.45) is 11.8 Å². The summed E-state index contributed by atoms with van der Waals surface area (Å²) in [6, 6.07) is 5.35. The lowest BCUT2D eigenvalue weighted by Gasteiger charge is -2.19. The van der Waals surface area contributed by atoms with E-state index in [9.17, 15) is 9.59 Å². The second-order valence-electron chi connectivity index (χ2n) is 7.42. The Labute approximate surface area is 168 Å². The fraction of sp³-hybridized carbons (Fsp3) is 0.450. The fourth-order valence-corrected chi connectivity index (χ4v) is 4.83. The minimum absolute atomic E-state index is 0.0695. The third-order valence-electron chi connectivity index (χ3n) is 5.74. The maximum atomic E-state index is 12.9. The summed E-state index contributed by atoms with van der Waals surface area (Å²) in [4.78, 5) is 27.3. The van der Waals surface area contributed by atoms with Crippen molar-refractivity contribution in [2.45, 2.75) is 46.1 Å². The highest BCUT2D eigenvalue weighted by Crippen LogP contribution is 2.41. The Balaban J connectivity index is 1.69. The fourth-order valence-electron chi connectivity index (χ4n) is 4.36. The highest BCUT2D eigenvalue weighted by atomic mass is 35.5. The summed E-state index contributed by atoms with van der Waals surface area (Å²) in [5.41, 5.74) is 2.98. The van der Waals surface area contributed by atoms with E-state index in [-0.39, 0.29) is 23.7 Å². The number of anilines is 1. The van der Waals surface area contributed by atoms with Crippen LogP contribution in [0.25, 0.3) is 0 Å². The van der Waals surface area contributed by atoms with Gasteiger partial charge in [-0.15, -0.1) is 0 Å². The quantitative estimate of drug-likeness (QED) is 0.704. The topological polar surface area (TPSA) is 55.2 Å². The Bertz CT molecular complexity index is 914. The molecule has 2 unspecified atom stereocenters. The average Bonchev–Trinajstić information content (AvgIpc) is 3.04. The number of amides is 2. The molecule has 2 amide bonds. The third kappa shape index (κ3) is 3.07. The number of nitrogens with zero attached hydrogens (tertiary/aromatic N) is 3. The van der Waals surface area contributed by atoms with Gasteiger partial charge in [-0.05, 0) is 44.4 Å². The zero-order chi connectivity index (χ0) is 19.3. The molecule has 0 bridgehead atoms. The number of benzene rings is 1. The Morgan fingerprint density at radius 2 is 1.70 bits per heavy atom. The summed E-state index contributed by atoms with van der Waals surface area (Å²) in [5, 5.41) is 5.72. The minimum atomic E-state index is -0.167. The molecule has 2 aromatic rings. The molecule has 0 N–H and O–H groups in total. The second kappa shape index (κ2) is 6.95. The van der Waals surface area contributed by atoms with E-state index >= 15 is 0 Å². The number of hydrogen-bond acceptors (Lipinski definition) is 3. The van der Waals surface area contributed by atoms with Gasteiger partial charge in [-0.3, -0.25) is 14.3 Å². The maximum Gasteiger partial charge on any atom is 0.237 e. The number of aryl methyl sites for hydroxylation is 1. The van der Waals surface area contributed by atoms with E-state index in [0.717, 1.165) is 36.9 Å². The summed E-state index contributed by atoms with van der Waals surface area (Å²) in [6.45, 7) is 4.18. The van der Waals surface area contributed by atoms with E-state index in [4.69, 9.17) is 23.2 Å². The highest BCUT2D eigenvalue weighted by molar-refractivity contribution is 6.35. The molecule has 1 aromatic heterocycles. The Hall–Kier alpha value is -1.85.